The maximum atomic E-state index is 13.8. The monoisotopic (exact) mass is 422 g/mol. The van der Waals surface area contributed by atoms with Gasteiger partial charge in [0.15, 0.2) is 0 Å². The second kappa shape index (κ2) is 7.66. The van der Waals surface area contributed by atoms with Crippen LogP contribution in [0.15, 0.2) is 54.7 Å². The van der Waals surface area contributed by atoms with Gasteiger partial charge in [-0.3, -0.25) is 9.78 Å². The van der Waals surface area contributed by atoms with Crippen molar-refractivity contribution in [2.45, 2.75) is 38.0 Å². The lowest BCUT2D eigenvalue weighted by molar-refractivity contribution is -0.134. The number of hydrogen-bond acceptors (Lipinski definition) is 2. The van der Waals surface area contributed by atoms with Gasteiger partial charge in [-0.05, 0) is 84.5 Å². The number of pyridine rings is 1. The highest BCUT2D eigenvalue weighted by Gasteiger charge is 2.47. The number of rotatable bonds is 3. The van der Waals surface area contributed by atoms with E-state index in [9.17, 15) is 9.18 Å². The molecule has 1 spiro atoms. The molecule has 3 aromatic rings. The first-order valence-electron chi connectivity index (χ1n) is 10.6. The quantitative estimate of drug-likeness (QED) is 0.538. The Bertz CT molecular complexity index is 1080. The SMILES string of the molecule is O=C(Cc1ccc(Cl)cc1)N1CCC2(CC1)CC(c1ccnc3ccc(F)cc13)C2. The molecule has 2 aliphatic rings. The van der Waals surface area contributed by atoms with Crippen molar-refractivity contribution in [2.75, 3.05) is 13.1 Å². The van der Waals surface area contributed by atoms with Crippen LogP contribution in [-0.4, -0.2) is 28.9 Å². The van der Waals surface area contributed by atoms with E-state index in [2.05, 4.69) is 4.98 Å². The van der Waals surface area contributed by atoms with Crippen LogP contribution in [0.25, 0.3) is 10.9 Å². The van der Waals surface area contributed by atoms with Crippen LogP contribution in [0, 0.1) is 11.2 Å². The number of halogens is 2. The summed E-state index contributed by atoms with van der Waals surface area (Å²) in [5.41, 5.74) is 3.40. The molecule has 2 fully saturated rings. The zero-order valence-corrected chi connectivity index (χ0v) is 17.5. The van der Waals surface area contributed by atoms with Gasteiger partial charge in [0.2, 0.25) is 5.91 Å². The zero-order chi connectivity index (χ0) is 20.7. The number of amides is 1. The van der Waals surface area contributed by atoms with E-state index in [1.807, 2.05) is 41.4 Å². The highest BCUT2D eigenvalue weighted by Crippen LogP contribution is 2.57. The standard InChI is InChI=1S/C25H24ClFN2O/c26-19-3-1-17(2-4-19)13-24(30)29-11-8-25(9-12-29)15-18(16-25)21-7-10-28-23-6-5-20(27)14-22(21)23/h1-7,10,14,18H,8-9,11-13,15-16H2. The summed E-state index contributed by atoms with van der Waals surface area (Å²) in [6.45, 7) is 1.65. The Kier molecular flexibility index (Phi) is 4.98. The molecule has 3 nitrogen and oxygen atoms in total. The Morgan fingerprint density at radius 3 is 2.57 bits per heavy atom. The van der Waals surface area contributed by atoms with E-state index < -0.39 is 0 Å². The summed E-state index contributed by atoms with van der Waals surface area (Å²) < 4.78 is 13.8. The number of carbonyl (C=O) groups is 1. The molecule has 0 unspecified atom stereocenters. The van der Waals surface area contributed by atoms with Crippen LogP contribution in [-0.2, 0) is 11.2 Å². The number of piperidine rings is 1. The van der Waals surface area contributed by atoms with Gasteiger partial charge in [-0.2, -0.15) is 0 Å². The molecule has 1 aliphatic heterocycles. The lowest BCUT2D eigenvalue weighted by atomic mass is 9.56. The minimum Gasteiger partial charge on any atom is -0.342 e. The van der Waals surface area contributed by atoms with Gasteiger partial charge < -0.3 is 4.90 Å². The molecular formula is C25H24ClFN2O. The topological polar surface area (TPSA) is 33.2 Å². The van der Waals surface area contributed by atoms with Gasteiger partial charge in [-0.1, -0.05) is 23.7 Å². The number of likely N-dealkylation sites (tertiary alicyclic amines) is 1. The van der Waals surface area contributed by atoms with Crippen molar-refractivity contribution in [2.24, 2.45) is 5.41 Å². The first-order chi connectivity index (χ1) is 14.5. The molecule has 5 heteroatoms. The van der Waals surface area contributed by atoms with E-state index in [4.69, 9.17) is 11.6 Å². The number of aromatic nitrogens is 1. The van der Waals surface area contributed by atoms with Crippen LogP contribution in [0.2, 0.25) is 5.02 Å². The first kappa shape index (κ1) is 19.5. The zero-order valence-electron chi connectivity index (χ0n) is 16.8. The average Bonchev–Trinajstić information content (AvgIpc) is 2.73. The maximum Gasteiger partial charge on any atom is 0.226 e. The lowest BCUT2D eigenvalue weighted by Gasteiger charge is -2.52. The van der Waals surface area contributed by atoms with Crippen molar-refractivity contribution in [3.05, 3.63) is 76.7 Å². The number of hydrogen-bond donors (Lipinski definition) is 0. The summed E-state index contributed by atoms with van der Waals surface area (Å²) in [7, 11) is 0. The fourth-order valence-corrected chi connectivity index (χ4v) is 5.35. The van der Waals surface area contributed by atoms with Gasteiger partial charge in [0.25, 0.3) is 0 Å². The normalized spacial score (nSPS) is 18.5. The molecule has 2 heterocycles. The summed E-state index contributed by atoms with van der Waals surface area (Å²) >= 11 is 5.93. The van der Waals surface area contributed by atoms with Gasteiger partial charge in [0.1, 0.15) is 5.82 Å². The fraction of sp³-hybridized carbons (Fsp3) is 0.360. The minimum absolute atomic E-state index is 0.193. The maximum absolute atomic E-state index is 13.8. The summed E-state index contributed by atoms with van der Waals surface area (Å²) in [6.07, 6.45) is 6.59. The van der Waals surface area contributed by atoms with Crippen molar-refractivity contribution in [1.29, 1.82) is 0 Å². The van der Waals surface area contributed by atoms with E-state index in [-0.39, 0.29) is 11.7 Å². The number of benzene rings is 2. The van der Waals surface area contributed by atoms with Gasteiger partial charge in [-0.25, -0.2) is 4.39 Å². The fourth-order valence-electron chi connectivity index (χ4n) is 5.23. The van der Waals surface area contributed by atoms with Crippen LogP contribution in [0.1, 0.15) is 42.7 Å². The molecule has 1 saturated heterocycles. The summed E-state index contributed by atoms with van der Waals surface area (Å²) in [5, 5.41) is 1.63. The van der Waals surface area contributed by atoms with Crippen molar-refractivity contribution >= 4 is 28.4 Å². The van der Waals surface area contributed by atoms with Crippen LogP contribution in [0.3, 0.4) is 0 Å². The van der Waals surface area contributed by atoms with Crippen LogP contribution >= 0.6 is 11.6 Å². The minimum atomic E-state index is -0.210. The Labute approximate surface area is 180 Å². The molecule has 0 bridgehead atoms. The molecule has 30 heavy (non-hydrogen) atoms. The molecule has 154 valence electrons. The third kappa shape index (κ3) is 3.69. The predicted molar refractivity (Wildman–Crippen MR) is 117 cm³/mol. The molecule has 1 amide bonds. The van der Waals surface area contributed by atoms with Crippen molar-refractivity contribution in [1.82, 2.24) is 9.88 Å². The summed E-state index contributed by atoms with van der Waals surface area (Å²) in [4.78, 5) is 19.1. The smallest absolute Gasteiger partial charge is 0.226 e. The molecule has 5 rings (SSSR count). The van der Waals surface area contributed by atoms with Crippen molar-refractivity contribution in [3.8, 4) is 0 Å². The third-order valence-corrected chi connectivity index (χ3v) is 7.23. The van der Waals surface area contributed by atoms with Crippen molar-refractivity contribution < 1.29 is 9.18 Å². The van der Waals surface area contributed by atoms with E-state index in [1.54, 1.807) is 12.1 Å². The number of nitrogens with zero attached hydrogens (tertiary/aromatic N) is 2. The summed E-state index contributed by atoms with van der Waals surface area (Å²) in [6, 6.07) is 14.4. The predicted octanol–water partition coefficient (Wildman–Crippen LogP) is 5.76. The van der Waals surface area contributed by atoms with E-state index in [0.717, 1.165) is 55.2 Å². The van der Waals surface area contributed by atoms with Crippen molar-refractivity contribution in [3.63, 3.8) is 0 Å². The number of fused-ring (bicyclic) bond motifs is 1. The molecule has 1 saturated carbocycles. The average molecular weight is 423 g/mol. The first-order valence-corrected chi connectivity index (χ1v) is 11.0. The van der Waals surface area contributed by atoms with E-state index >= 15 is 0 Å². The lowest BCUT2D eigenvalue weighted by Crippen LogP contribution is -2.48. The Hall–Kier alpha value is -2.46. The number of carbonyl (C=O) groups excluding carboxylic acids is 1. The molecule has 2 aromatic carbocycles. The van der Waals surface area contributed by atoms with E-state index in [0.29, 0.717) is 22.8 Å². The third-order valence-electron chi connectivity index (χ3n) is 6.98. The Morgan fingerprint density at radius 1 is 1.10 bits per heavy atom. The van der Waals surface area contributed by atoms with Gasteiger partial charge in [-0.15, -0.1) is 0 Å². The molecule has 0 atom stereocenters. The largest absolute Gasteiger partial charge is 0.342 e. The van der Waals surface area contributed by atoms with Gasteiger partial charge in [0.05, 0.1) is 11.9 Å². The molecule has 0 N–H and O–H groups in total. The van der Waals surface area contributed by atoms with Crippen LogP contribution in [0.5, 0.6) is 0 Å². The second-order valence-electron chi connectivity index (χ2n) is 8.85. The Morgan fingerprint density at radius 2 is 1.83 bits per heavy atom. The molecule has 1 aromatic heterocycles. The van der Waals surface area contributed by atoms with Gasteiger partial charge >= 0.3 is 0 Å². The molecule has 0 radical (unpaired) electrons. The second-order valence-corrected chi connectivity index (χ2v) is 9.29. The van der Waals surface area contributed by atoms with Crippen LogP contribution in [0.4, 0.5) is 4.39 Å². The molecular weight excluding hydrogens is 399 g/mol. The van der Waals surface area contributed by atoms with E-state index in [1.165, 1.54) is 11.6 Å². The van der Waals surface area contributed by atoms with Gasteiger partial charge in [0, 0.05) is 29.7 Å². The molecule has 1 aliphatic carbocycles. The highest BCUT2D eigenvalue weighted by atomic mass is 35.5. The van der Waals surface area contributed by atoms with Crippen LogP contribution < -0.4 is 0 Å². The summed E-state index contributed by atoms with van der Waals surface area (Å²) in [5.74, 6) is 0.436. The Balaban J connectivity index is 1.21. The highest BCUT2D eigenvalue weighted by molar-refractivity contribution is 6.30.